The van der Waals surface area contributed by atoms with Crippen LogP contribution in [0.1, 0.15) is 52.1 Å². The molecule has 1 aromatic carbocycles. The standard InChI is InChI=1S/C29H48N6O9S/c1-5-6-7-8-27(36)30-13-15-42-17-19-44-20-18-43-16-14-34-21-24(31-33-34)22-35(28(23(2)3)29(37)32-38)45(39,40)26-11-9-25(41-4)10-12-26/h9-12,21,23,28,38H,5-8,13-20,22H2,1-4H3,(H,30,36)(H,32,37)/t28-/m1/s1. The second-order valence-electron chi connectivity index (χ2n) is 10.5. The van der Waals surface area contributed by atoms with Gasteiger partial charge in [0.25, 0.3) is 5.91 Å². The van der Waals surface area contributed by atoms with Gasteiger partial charge in [-0.1, -0.05) is 38.8 Å². The van der Waals surface area contributed by atoms with E-state index in [1.807, 2.05) is 0 Å². The molecule has 1 aromatic heterocycles. The van der Waals surface area contributed by atoms with Gasteiger partial charge in [0, 0.05) is 19.2 Å². The first-order chi connectivity index (χ1) is 21.6. The van der Waals surface area contributed by atoms with Crippen LogP contribution in [0.5, 0.6) is 5.75 Å². The van der Waals surface area contributed by atoms with Gasteiger partial charge >= 0.3 is 0 Å². The highest BCUT2D eigenvalue weighted by Crippen LogP contribution is 2.26. The zero-order valence-electron chi connectivity index (χ0n) is 26.6. The Morgan fingerprint density at radius 1 is 1.00 bits per heavy atom. The zero-order chi connectivity index (χ0) is 33.1. The number of ether oxygens (including phenoxy) is 4. The van der Waals surface area contributed by atoms with Gasteiger partial charge in [0.15, 0.2) is 0 Å². The third-order valence-electron chi connectivity index (χ3n) is 6.68. The molecular formula is C29H48N6O9S. The number of hydroxylamine groups is 1. The van der Waals surface area contributed by atoms with Crippen molar-refractivity contribution in [3.8, 4) is 5.75 Å². The van der Waals surface area contributed by atoms with E-state index in [4.69, 9.17) is 18.9 Å². The second kappa shape index (κ2) is 20.8. The zero-order valence-corrected chi connectivity index (χ0v) is 27.5. The Labute approximate surface area is 265 Å². The molecule has 0 bridgehead atoms. The number of nitrogens with zero attached hydrogens (tertiary/aromatic N) is 4. The maximum absolute atomic E-state index is 13.7. The molecule has 0 saturated heterocycles. The molecule has 1 atom stereocenters. The normalized spacial score (nSPS) is 12.4. The van der Waals surface area contributed by atoms with E-state index in [0.717, 1.165) is 23.6 Å². The largest absolute Gasteiger partial charge is 0.497 e. The Balaban J connectivity index is 1.78. The highest BCUT2D eigenvalue weighted by atomic mass is 32.2. The molecule has 0 radical (unpaired) electrons. The van der Waals surface area contributed by atoms with Crippen LogP contribution in [-0.2, 0) is 46.9 Å². The van der Waals surface area contributed by atoms with Gasteiger partial charge < -0.3 is 24.3 Å². The molecule has 2 rings (SSSR count). The molecule has 0 fully saturated rings. The molecule has 3 N–H and O–H groups in total. The van der Waals surface area contributed by atoms with E-state index in [1.165, 1.54) is 36.1 Å². The van der Waals surface area contributed by atoms with Crippen molar-refractivity contribution in [1.82, 2.24) is 30.1 Å². The van der Waals surface area contributed by atoms with E-state index in [2.05, 4.69) is 22.6 Å². The SMILES string of the molecule is CCCCCC(=O)NCCOCCOCCOCCn1cc(CN([C@@H](C(=O)NO)C(C)C)S(=O)(=O)c2ccc(OC)cc2)nn1. The van der Waals surface area contributed by atoms with E-state index in [1.54, 1.807) is 25.5 Å². The third-order valence-corrected chi connectivity index (χ3v) is 8.52. The number of sulfonamides is 1. The smallest absolute Gasteiger partial charge is 0.262 e. The number of methoxy groups -OCH3 is 1. The summed E-state index contributed by atoms with van der Waals surface area (Å²) < 4.78 is 51.5. The number of hydrogen-bond donors (Lipinski definition) is 3. The molecule has 0 aliphatic rings. The molecule has 254 valence electrons. The molecule has 0 spiro atoms. The average molecular weight is 657 g/mol. The lowest BCUT2D eigenvalue weighted by Crippen LogP contribution is -2.51. The van der Waals surface area contributed by atoms with Gasteiger partial charge in [0.05, 0.1) is 70.4 Å². The number of amides is 2. The number of carbonyl (C=O) groups is 2. The number of unbranched alkanes of at least 4 members (excludes halogenated alkanes) is 2. The van der Waals surface area contributed by atoms with Crippen molar-refractivity contribution in [3.05, 3.63) is 36.2 Å². The van der Waals surface area contributed by atoms with Gasteiger partial charge in [-0.05, 0) is 36.6 Å². The molecule has 0 saturated carbocycles. The Hall–Kier alpha value is -3.15. The third kappa shape index (κ3) is 13.4. The molecule has 2 amide bonds. The summed E-state index contributed by atoms with van der Waals surface area (Å²) in [5, 5.41) is 20.3. The van der Waals surface area contributed by atoms with Crippen molar-refractivity contribution in [1.29, 1.82) is 0 Å². The summed E-state index contributed by atoms with van der Waals surface area (Å²) in [7, 11) is -2.73. The van der Waals surface area contributed by atoms with Crippen LogP contribution in [0.3, 0.4) is 0 Å². The first-order valence-electron chi connectivity index (χ1n) is 15.1. The van der Waals surface area contributed by atoms with Crippen LogP contribution in [0.25, 0.3) is 0 Å². The summed E-state index contributed by atoms with van der Waals surface area (Å²) in [6.45, 7) is 8.33. The number of hydrogen-bond acceptors (Lipinski definition) is 11. The summed E-state index contributed by atoms with van der Waals surface area (Å²) >= 11 is 0. The molecule has 0 aliphatic carbocycles. The number of aromatic nitrogens is 3. The van der Waals surface area contributed by atoms with Crippen molar-refractivity contribution in [2.24, 2.45) is 5.92 Å². The first-order valence-corrected chi connectivity index (χ1v) is 16.6. The fourth-order valence-electron chi connectivity index (χ4n) is 4.31. The van der Waals surface area contributed by atoms with Crippen LogP contribution in [0.4, 0.5) is 0 Å². The second-order valence-corrected chi connectivity index (χ2v) is 12.4. The van der Waals surface area contributed by atoms with Crippen LogP contribution >= 0.6 is 0 Å². The summed E-state index contributed by atoms with van der Waals surface area (Å²) in [6, 6.07) is 4.58. The lowest BCUT2D eigenvalue weighted by Gasteiger charge is -2.31. The monoisotopic (exact) mass is 656 g/mol. The Morgan fingerprint density at radius 3 is 2.24 bits per heavy atom. The highest BCUT2D eigenvalue weighted by Gasteiger charge is 2.38. The van der Waals surface area contributed by atoms with Crippen LogP contribution < -0.4 is 15.5 Å². The van der Waals surface area contributed by atoms with Crippen molar-refractivity contribution < 1.29 is 42.2 Å². The highest BCUT2D eigenvalue weighted by molar-refractivity contribution is 7.89. The Morgan fingerprint density at radius 2 is 1.64 bits per heavy atom. The van der Waals surface area contributed by atoms with Gasteiger partial charge in [0.2, 0.25) is 15.9 Å². The summed E-state index contributed by atoms with van der Waals surface area (Å²) in [4.78, 5) is 24.2. The van der Waals surface area contributed by atoms with E-state index in [-0.39, 0.29) is 17.3 Å². The predicted molar refractivity (Wildman–Crippen MR) is 164 cm³/mol. The number of nitrogens with one attached hydrogen (secondary N) is 2. The Bertz CT molecular complexity index is 1240. The lowest BCUT2D eigenvalue weighted by atomic mass is 10.0. The van der Waals surface area contributed by atoms with Crippen LogP contribution in [-0.4, -0.2) is 104 Å². The van der Waals surface area contributed by atoms with Gasteiger partial charge in [-0.2, -0.15) is 4.31 Å². The van der Waals surface area contributed by atoms with Crippen molar-refractivity contribution in [2.45, 2.75) is 70.5 Å². The summed E-state index contributed by atoms with van der Waals surface area (Å²) in [5.74, 6) is -0.811. The first kappa shape index (κ1) is 38.0. The fraction of sp³-hybridized carbons (Fsp3) is 0.655. The number of benzene rings is 1. The predicted octanol–water partition coefficient (Wildman–Crippen LogP) is 1.75. The van der Waals surface area contributed by atoms with Crippen LogP contribution in [0.2, 0.25) is 0 Å². The van der Waals surface area contributed by atoms with Crippen LogP contribution in [0, 0.1) is 5.92 Å². The summed E-state index contributed by atoms with van der Waals surface area (Å²) in [5.41, 5.74) is 1.89. The average Bonchev–Trinajstić information content (AvgIpc) is 3.48. The van der Waals surface area contributed by atoms with Gasteiger partial charge in [-0.25, -0.2) is 18.6 Å². The van der Waals surface area contributed by atoms with E-state index < -0.39 is 27.9 Å². The minimum Gasteiger partial charge on any atom is -0.497 e. The van der Waals surface area contributed by atoms with Gasteiger partial charge in [-0.15, -0.1) is 5.10 Å². The molecule has 1 heterocycles. The minimum atomic E-state index is -4.20. The van der Waals surface area contributed by atoms with Crippen LogP contribution in [0.15, 0.2) is 35.4 Å². The quantitative estimate of drug-likeness (QED) is 0.0850. The molecular weight excluding hydrogens is 608 g/mol. The lowest BCUT2D eigenvalue weighted by molar-refractivity contribution is -0.134. The van der Waals surface area contributed by atoms with E-state index in [0.29, 0.717) is 70.6 Å². The fourth-order valence-corrected chi connectivity index (χ4v) is 6.01. The minimum absolute atomic E-state index is 0.0454. The van der Waals surface area contributed by atoms with Crippen molar-refractivity contribution >= 4 is 21.8 Å². The number of rotatable bonds is 24. The maximum Gasteiger partial charge on any atom is 0.262 e. The number of carbonyl (C=O) groups excluding carboxylic acids is 2. The molecule has 45 heavy (non-hydrogen) atoms. The van der Waals surface area contributed by atoms with Crippen molar-refractivity contribution in [3.63, 3.8) is 0 Å². The molecule has 15 nitrogen and oxygen atoms in total. The van der Waals surface area contributed by atoms with E-state index in [9.17, 15) is 23.2 Å². The van der Waals surface area contributed by atoms with Gasteiger partial charge in [0.1, 0.15) is 11.8 Å². The van der Waals surface area contributed by atoms with Crippen molar-refractivity contribution in [2.75, 3.05) is 53.3 Å². The molecule has 16 heteroatoms. The Kier molecular flexibility index (Phi) is 17.6. The topological polar surface area (TPSA) is 183 Å². The summed E-state index contributed by atoms with van der Waals surface area (Å²) in [6.07, 6.45) is 5.17. The molecule has 2 aromatic rings. The molecule has 0 aliphatic heterocycles. The molecule has 0 unspecified atom stereocenters. The van der Waals surface area contributed by atoms with Gasteiger partial charge in [-0.3, -0.25) is 14.8 Å². The maximum atomic E-state index is 13.7. The van der Waals surface area contributed by atoms with E-state index >= 15 is 0 Å².